The molecule has 2 aromatic rings. The van der Waals surface area contributed by atoms with Gasteiger partial charge in [0.1, 0.15) is 0 Å². The van der Waals surface area contributed by atoms with Crippen LogP contribution >= 0.6 is 11.6 Å². The average Bonchev–Trinajstić information content (AvgIpc) is 2.57. The van der Waals surface area contributed by atoms with Gasteiger partial charge in [-0.1, -0.05) is 17.7 Å². The summed E-state index contributed by atoms with van der Waals surface area (Å²) in [6, 6.07) is 5.50. The number of aryl methyl sites for hydroxylation is 1. The molecule has 0 aliphatic rings. The van der Waals surface area contributed by atoms with Crippen LogP contribution in [0.5, 0.6) is 0 Å². The summed E-state index contributed by atoms with van der Waals surface area (Å²) < 4.78 is 4.51. The van der Waals surface area contributed by atoms with E-state index in [4.69, 9.17) is 17.3 Å². The van der Waals surface area contributed by atoms with Gasteiger partial charge in [-0.25, -0.2) is 4.63 Å². The number of benzene rings is 1. The predicted molar refractivity (Wildman–Crippen MR) is 53.9 cm³/mol. The van der Waals surface area contributed by atoms with Gasteiger partial charge in [0, 0.05) is 10.6 Å². The molecule has 1 heterocycles. The minimum Gasteiger partial charge on any atom is -0.379 e. The smallest absolute Gasteiger partial charge is 0.196 e. The first-order valence-corrected chi connectivity index (χ1v) is 4.41. The van der Waals surface area contributed by atoms with Gasteiger partial charge in [-0.3, -0.25) is 0 Å². The van der Waals surface area contributed by atoms with Crippen LogP contribution in [0.3, 0.4) is 0 Å². The van der Waals surface area contributed by atoms with Crippen LogP contribution in [0.1, 0.15) is 5.56 Å². The van der Waals surface area contributed by atoms with E-state index >= 15 is 0 Å². The van der Waals surface area contributed by atoms with Crippen LogP contribution in [0.2, 0.25) is 5.02 Å². The van der Waals surface area contributed by atoms with Gasteiger partial charge >= 0.3 is 0 Å². The quantitative estimate of drug-likeness (QED) is 0.783. The van der Waals surface area contributed by atoms with Crippen LogP contribution in [0.25, 0.3) is 11.3 Å². The van der Waals surface area contributed by atoms with Crippen molar-refractivity contribution in [2.45, 2.75) is 6.92 Å². The van der Waals surface area contributed by atoms with Crippen LogP contribution in [0.15, 0.2) is 22.8 Å². The Morgan fingerprint density at radius 2 is 2.14 bits per heavy atom. The van der Waals surface area contributed by atoms with Crippen LogP contribution < -0.4 is 5.73 Å². The zero-order chi connectivity index (χ0) is 10.1. The van der Waals surface area contributed by atoms with E-state index in [9.17, 15) is 0 Å². The van der Waals surface area contributed by atoms with Crippen molar-refractivity contribution in [2.75, 3.05) is 5.73 Å². The Labute approximate surface area is 85.6 Å². The first-order chi connectivity index (χ1) is 6.68. The van der Waals surface area contributed by atoms with E-state index in [2.05, 4.69) is 14.9 Å². The van der Waals surface area contributed by atoms with Crippen molar-refractivity contribution < 1.29 is 4.63 Å². The number of nitrogen functional groups attached to an aromatic ring is 1. The van der Waals surface area contributed by atoms with Crippen LogP contribution in [0, 0.1) is 6.92 Å². The molecule has 0 amide bonds. The molecule has 0 aliphatic carbocycles. The molecule has 0 aliphatic heterocycles. The Morgan fingerprint density at radius 3 is 2.71 bits per heavy atom. The lowest BCUT2D eigenvalue weighted by Gasteiger charge is -2.00. The number of anilines is 1. The maximum Gasteiger partial charge on any atom is 0.196 e. The van der Waals surface area contributed by atoms with Crippen LogP contribution in [0.4, 0.5) is 5.82 Å². The van der Waals surface area contributed by atoms with E-state index in [1.807, 2.05) is 19.1 Å². The summed E-state index contributed by atoms with van der Waals surface area (Å²) in [5.74, 6) is 0.284. The third-order valence-electron chi connectivity index (χ3n) is 1.95. The Bertz CT molecular complexity index is 467. The molecule has 0 saturated heterocycles. The second kappa shape index (κ2) is 3.31. The van der Waals surface area contributed by atoms with E-state index in [1.165, 1.54) is 0 Å². The molecule has 0 unspecified atom stereocenters. The second-order valence-electron chi connectivity index (χ2n) is 2.96. The van der Waals surface area contributed by atoms with E-state index in [1.54, 1.807) is 6.07 Å². The lowest BCUT2D eigenvalue weighted by Crippen LogP contribution is -1.89. The van der Waals surface area contributed by atoms with Crippen molar-refractivity contribution in [3.05, 3.63) is 28.8 Å². The third-order valence-corrected chi connectivity index (χ3v) is 2.37. The fourth-order valence-corrected chi connectivity index (χ4v) is 1.31. The van der Waals surface area contributed by atoms with Gasteiger partial charge < -0.3 is 5.73 Å². The number of aromatic nitrogens is 2. The number of nitrogens with two attached hydrogens (primary N) is 1. The maximum atomic E-state index is 5.89. The maximum absolute atomic E-state index is 5.89. The van der Waals surface area contributed by atoms with Crippen molar-refractivity contribution in [1.29, 1.82) is 0 Å². The largest absolute Gasteiger partial charge is 0.379 e. The molecule has 0 spiro atoms. The molecule has 2 N–H and O–H groups in total. The van der Waals surface area contributed by atoms with Crippen molar-refractivity contribution in [3.8, 4) is 11.3 Å². The summed E-state index contributed by atoms with van der Waals surface area (Å²) in [4.78, 5) is 0. The molecule has 5 heteroatoms. The third kappa shape index (κ3) is 1.44. The fraction of sp³-hybridized carbons (Fsp3) is 0.111. The Hall–Kier alpha value is -1.55. The van der Waals surface area contributed by atoms with Gasteiger partial charge in [0.2, 0.25) is 0 Å². The molecule has 1 aromatic heterocycles. The highest BCUT2D eigenvalue weighted by Crippen LogP contribution is 2.25. The number of rotatable bonds is 1. The van der Waals surface area contributed by atoms with Gasteiger partial charge in [0.25, 0.3) is 0 Å². The zero-order valence-corrected chi connectivity index (χ0v) is 8.25. The summed E-state index contributed by atoms with van der Waals surface area (Å²) in [5, 5.41) is 7.92. The molecule has 14 heavy (non-hydrogen) atoms. The second-order valence-corrected chi connectivity index (χ2v) is 3.37. The van der Waals surface area contributed by atoms with E-state index in [0.29, 0.717) is 10.7 Å². The first-order valence-electron chi connectivity index (χ1n) is 4.03. The Kier molecular flexibility index (Phi) is 2.13. The minimum absolute atomic E-state index is 0.284. The van der Waals surface area contributed by atoms with Gasteiger partial charge in [0.05, 0.1) is 0 Å². The molecule has 0 atom stereocenters. The highest BCUT2D eigenvalue weighted by Gasteiger charge is 2.09. The normalized spacial score (nSPS) is 10.4. The molecule has 0 saturated carbocycles. The Balaban J connectivity index is 2.53. The number of nitrogens with zero attached hydrogens (tertiary/aromatic N) is 2. The van der Waals surface area contributed by atoms with Crippen LogP contribution in [-0.4, -0.2) is 10.3 Å². The molecule has 1 aromatic carbocycles. The van der Waals surface area contributed by atoms with Gasteiger partial charge in [-0.05, 0) is 34.9 Å². The van der Waals surface area contributed by atoms with Crippen molar-refractivity contribution in [1.82, 2.24) is 10.3 Å². The zero-order valence-electron chi connectivity index (χ0n) is 7.49. The van der Waals surface area contributed by atoms with Gasteiger partial charge in [0.15, 0.2) is 11.5 Å². The van der Waals surface area contributed by atoms with Gasteiger partial charge in [-0.15, -0.1) is 0 Å². The molecule has 0 fully saturated rings. The molecular weight excluding hydrogens is 202 g/mol. The highest BCUT2D eigenvalue weighted by molar-refractivity contribution is 6.31. The summed E-state index contributed by atoms with van der Waals surface area (Å²) >= 11 is 5.89. The predicted octanol–water partition coefficient (Wildman–Crippen LogP) is 2.28. The highest BCUT2D eigenvalue weighted by atomic mass is 35.5. The number of halogens is 1. The number of hydrogen-bond acceptors (Lipinski definition) is 4. The van der Waals surface area contributed by atoms with E-state index in [0.717, 1.165) is 11.1 Å². The average molecular weight is 210 g/mol. The van der Waals surface area contributed by atoms with Crippen molar-refractivity contribution in [2.24, 2.45) is 0 Å². The standard InChI is InChI=1S/C9H8ClN3O/c1-5-4-6(2-3-7(5)10)8-9(11)13-14-12-8/h2-4H,1H3,(H2,11,13). The summed E-state index contributed by atoms with van der Waals surface area (Å²) in [5.41, 5.74) is 7.92. The number of hydrogen-bond donors (Lipinski definition) is 1. The topological polar surface area (TPSA) is 64.9 Å². The molecule has 0 bridgehead atoms. The molecule has 72 valence electrons. The van der Waals surface area contributed by atoms with E-state index < -0.39 is 0 Å². The molecule has 4 nitrogen and oxygen atoms in total. The fourth-order valence-electron chi connectivity index (χ4n) is 1.19. The first kappa shape index (κ1) is 9.02. The molecule has 2 rings (SSSR count). The van der Waals surface area contributed by atoms with E-state index in [-0.39, 0.29) is 5.82 Å². The lowest BCUT2D eigenvalue weighted by molar-refractivity contribution is 0.310. The minimum atomic E-state index is 0.284. The van der Waals surface area contributed by atoms with Gasteiger partial charge in [-0.2, -0.15) is 0 Å². The summed E-state index contributed by atoms with van der Waals surface area (Å²) in [6.45, 7) is 1.91. The summed E-state index contributed by atoms with van der Waals surface area (Å²) in [7, 11) is 0. The SMILES string of the molecule is Cc1cc(-c2nonc2N)ccc1Cl. The monoisotopic (exact) mass is 209 g/mol. The summed E-state index contributed by atoms with van der Waals surface area (Å²) in [6.07, 6.45) is 0. The molecule has 0 radical (unpaired) electrons. The van der Waals surface area contributed by atoms with Crippen molar-refractivity contribution in [3.63, 3.8) is 0 Å². The molecular formula is C9H8ClN3O. The Morgan fingerprint density at radius 1 is 1.36 bits per heavy atom. The van der Waals surface area contributed by atoms with Crippen molar-refractivity contribution >= 4 is 17.4 Å². The lowest BCUT2D eigenvalue weighted by atomic mass is 10.1. The van der Waals surface area contributed by atoms with Crippen LogP contribution in [-0.2, 0) is 0 Å².